The number of H-pyrrole nitrogens is 1. The van der Waals surface area contributed by atoms with Crippen LogP contribution in [-0.4, -0.2) is 42.0 Å². The third kappa shape index (κ3) is 3.45. The van der Waals surface area contributed by atoms with Gasteiger partial charge in [0.15, 0.2) is 0 Å². The van der Waals surface area contributed by atoms with E-state index in [1.807, 2.05) is 29.2 Å². The number of rotatable bonds is 4. The first-order valence-corrected chi connectivity index (χ1v) is 8.31. The number of nitrogens with zero attached hydrogens (tertiary/aromatic N) is 1. The lowest BCUT2D eigenvalue weighted by Gasteiger charge is -2.32. The van der Waals surface area contributed by atoms with Crippen LogP contribution < -0.4 is 10.9 Å². The molecule has 1 saturated heterocycles. The Morgan fingerprint density at radius 1 is 1.30 bits per heavy atom. The molecule has 1 aliphatic heterocycles. The Morgan fingerprint density at radius 2 is 2.04 bits per heavy atom. The monoisotopic (exact) mass is 313 g/mol. The number of hydrogen-bond acceptors (Lipinski definition) is 3. The smallest absolute Gasteiger partial charge is 0.254 e. The van der Waals surface area contributed by atoms with Crippen LogP contribution in [0.5, 0.6) is 0 Å². The number of amides is 1. The van der Waals surface area contributed by atoms with Gasteiger partial charge in [0.1, 0.15) is 0 Å². The number of likely N-dealkylation sites (tertiary alicyclic amines) is 1. The van der Waals surface area contributed by atoms with Crippen LogP contribution in [0.15, 0.2) is 35.1 Å². The van der Waals surface area contributed by atoms with Crippen molar-refractivity contribution in [2.45, 2.75) is 19.8 Å². The number of benzene rings is 1. The van der Waals surface area contributed by atoms with E-state index in [0.717, 1.165) is 44.4 Å². The minimum Gasteiger partial charge on any atom is -0.339 e. The second-order valence-corrected chi connectivity index (χ2v) is 6.14. The molecule has 0 spiro atoms. The molecule has 0 unspecified atom stereocenters. The molecule has 0 saturated carbocycles. The molecule has 2 aromatic rings. The van der Waals surface area contributed by atoms with Crippen molar-refractivity contribution in [3.05, 3.63) is 46.2 Å². The van der Waals surface area contributed by atoms with Gasteiger partial charge in [-0.25, -0.2) is 0 Å². The molecule has 3 rings (SSSR count). The summed E-state index contributed by atoms with van der Waals surface area (Å²) >= 11 is 0. The van der Waals surface area contributed by atoms with Crippen LogP contribution in [0.1, 0.15) is 30.1 Å². The number of fused-ring (bicyclic) bond motifs is 1. The maximum absolute atomic E-state index is 12.8. The van der Waals surface area contributed by atoms with Crippen molar-refractivity contribution < 1.29 is 4.79 Å². The summed E-state index contributed by atoms with van der Waals surface area (Å²) < 4.78 is 0. The summed E-state index contributed by atoms with van der Waals surface area (Å²) in [6.07, 6.45) is 2.03. The molecule has 23 heavy (non-hydrogen) atoms. The Balaban J connectivity index is 1.78. The number of pyridine rings is 1. The quantitative estimate of drug-likeness (QED) is 0.907. The third-order valence-electron chi connectivity index (χ3n) is 4.57. The molecule has 5 nitrogen and oxygen atoms in total. The van der Waals surface area contributed by atoms with Gasteiger partial charge in [0.2, 0.25) is 5.56 Å². The van der Waals surface area contributed by atoms with Crippen LogP contribution in [0.4, 0.5) is 0 Å². The maximum atomic E-state index is 12.8. The van der Waals surface area contributed by atoms with Crippen molar-refractivity contribution in [3.8, 4) is 0 Å². The number of aromatic amines is 1. The van der Waals surface area contributed by atoms with Gasteiger partial charge in [-0.15, -0.1) is 0 Å². The molecule has 1 aromatic heterocycles. The molecular formula is C18H23N3O2. The fourth-order valence-electron chi connectivity index (χ4n) is 3.24. The summed E-state index contributed by atoms with van der Waals surface area (Å²) in [6.45, 7) is 5.63. The number of carbonyl (C=O) groups excluding carboxylic acids is 1. The lowest BCUT2D eigenvalue weighted by molar-refractivity contribution is 0.0692. The third-order valence-corrected chi connectivity index (χ3v) is 4.57. The molecule has 0 radical (unpaired) electrons. The molecule has 2 heterocycles. The highest BCUT2D eigenvalue weighted by Gasteiger charge is 2.24. The Bertz CT molecular complexity index is 745. The van der Waals surface area contributed by atoms with Gasteiger partial charge in [-0.1, -0.05) is 25.1 Å². The van der Waals surface area contributed by atoms with Gasteiger partial charge in [-0.2, -0.15) is 0 Å². The number of carbonyl (C=O) groups is 1. The van der Waals surface area contributed by atoms with Gasteiger partial charge < -0.3 is 15.2 Å². The van der Waals surface area contributed by atoms with Gasteiger partial charge in [0, 0.05) is 30.1 Å². The van der Waals surface area contributed by atoms with Crippen molar-refractivity contribution in [2.24, 2.45) is 5.92 Å². The summed E-state index contributed by atoms with van der Waals surface area (Å²) in [5.74, 6) is 0.601. The lowest BCUT2D eigenvalue weighted by Crippen LogP contribution is -2.41. The fourth-order valence-corrected chi connectivity index (χ4v) is 3.24. The lowest BCUT2D eigenvalue weighted by atomic mass is 9.96. The largest absolute Gasteiger partial charge is 0.339 e. The number of piperidine rings is 1. The Kier molecular flexibility index (Phi) is 4.76. The Labute approximate surface area is 135 Å². The van der Waals surface area contributed by atoms with Crippen molar-refractivity contribution in [2.75, 3.05) is 26.2 Å². The highest BCUT2D eigenvalue weighted by atomic mass is 16.2. The molecule has 122 valence electrons. The molecule has 0 bridgehead atoms. The van der Waals surface area contributed by atoms with E-state index in [1.54, 1.807) is 0 Å². The summed E-state index contributed by atoms with van der Waals surface area (Å²) in [4.78, 5) is 29.3. The van der Waals surface area contributed by atoms with Crippen LogP contribution in [0.2, 0.25) is 0 Å². The van der Waals surface area contributed by atoms with E-state index < -0.39 is 0 Å². The van der Waals surface area contributed by atoms with Gasteiger partial charge in [-0.3, -0.25) is 9.59 Å². The summed E-state index contributed by atoms with van der Waals surface area (Å²) in [5.41, 5.74) is 0.994. The van der Waals surface area contributed by atoms with Crippen molar-refractivity contribution in [1.29, 1.82) is 0 Å². The van der Waals surface area contributed by atoms with E-state index in [2.05, 4.69) is 17.2 Å². The van der Waals surface area contributed by atoms with E-state index in [0.29, 0.717) is 17.0 Å². The summed E-state index contributed by atoms with van der Waals surface area (Å²) in [5, 5.41) is 4.19. The summed E-state index contributed by atoms with van der Waals surface area (Å²) in [7, 11) is 0. The van der Waals surface area contributed by atoms with Crippen LogP contribution in [0, 0.1) is 5.92 Å². The normalized spacial score (nSPS) is 16.0. The average Bonchev–Trinajstić information content (AvgIpc) is 2.59. The van der Waals surface area contributed by atoms with Crippen LogP contribution >= 0.6 is 0 Å². The van der Waals surface area contributed by atoms with Crippen LogP contribution in [0.25, 0.3) is 10.9 Å². The molecule has 2 N–H and O–H groups in total. The predicted octanol–water partition coefficient (Wildman–Crippen LogP) is 1.99. The van der Waals surface area contributed by atoms with Crippen molar-refractivity contribution >= 4 is 16.8 Å². The zero-order valence-corrected chi connectivity index (χ0v) is 13.5. The number of para-hydroxylation sites is 1. The molecule has 1 aromatic carbocycles. The number of nitrogens with one attached hydrogen (secondary N) is 2. The second kappa shape index (κ2) is 6.96. The number of aromatic nitrogens is 1. The Hall–Kier alpha value is -2.14. The van der Waals surface area contributed by atoms with E-state index in [-0.39, 0.29) is 11.5 Å². The first-order chi connectivity index (χ1) is 11.2. The minimum absolute atomic E-state index is 0.0331. The van der Waals surface area contributed by atoms with Crippen molar-refractivity contribution in [1.82, 2.24) is 15.2 Å². The molecular weight excluding hydrogens is 290 g/mol. The van der Waals surface area contributed by atoms with Crippen molar-refractivity contribution in [3.63, 3.8) is 0 Å². The SMILES string of the molecule is CCNCC1CCN(C(=O)c2cc(=O)[nH]c3ccccc23)CC1. The minimum atomic E-state index is -0.228. The second-order valence-electron chi connectivity index (χ2n) is 6.14. The Morgan fingerprint density at radius 3 is 2.78 bits per heavy atom. The first-order valence-electron chi connectivity index (χ1n) is 8.31. The molecule has 1 aliphatic rings. The topological polar surface area (TPSA) is 65.2 Å². The average molecular weight is 313 g/mol. The van der Waals surface area contributed by atoms with Gasteiger partial charge >= 0.3 is 0 Å². The van der Waals surface area contributed by atoms with E-state index in [9.17, 15) is 9.59 Å². The molecule has 1 fully saturated rings. The standard InChI is InChI=1S/C18H23N3O2/c1-2-19-12-13-7-9-21(10-8-13)18(23)15-11-17(22)20-16-6-4-3-5-14(15)16/h3-6,11,13,19H,2,7-10,12H2,1H3,(H,20,22). The van der Waals surface area contributed by atoms with Crippen LogP contribution in [-0.2, 0) is 0 Å². The highest BCUT2D eigenvalue weighted by molar-refractivity contribution is 6.05. The molecule has 5 heteroatoms. The van der Waals surface area contributed by atoms with Crippen LogP contribution in [0.3, 0.4) is 0 Å². The maximum Gasteiger partial charge on any atom is 0.254 e. The summed E-state index contributed by atoms with van der Waals surface area (Å²) in [6, 6.07) is 8.89. The van der Waals surface area contributed by atoms with E-state index >= 15 is 0 Å². The fraction of sp³-hybridized carbons (Fsp3) is 0.444. The van der Waals surface area contributed by atoms with Gasteiger partial charge in [-0.05, 0) is 37.9 Å². The molecule has 0 aliphatic carbocycles. The predicted molar refractivity (Wildman–Crippen MR) is 91.7 cm³/mol. The molecule has 0 atom stereocenters. The zero-order chi connectivity index (χ0) is 16.2. The highest BCUT2D eigenvalue weighted by Crippen LogP contribution is 2.21. The van der Waals surface area contributed by atoms with E-state index in [4.69, 9.17) is 0 Å². The first kappa shape index (κ1) is 15.7. The van der Waals surface area contributed by atoms with E-state index in [1.165, 1.54) is 6.07 Å². The zero-order valence-electron chi connectivity index (χ0n) is 13.5. The van der Waals surface area contributed by atoms with Gasteiger partial charge in [0.05, 0.1) is 5.56 Å². The molecule has 1 amide bonds. The van der Waals surface area contributed by atoms with Gasteiger partial charge in [0.25, 0.3) is 5.91 Å². The number of hydrogen-bond donors (Lipinski definition) is 2.